The zero-order valence-corrected chi connectivity index (χ0v) is 9.82. The molecule has 16 heavy (non-hydrogen) atoms. The maximum absolute atomic E-state index is 5.64. The molecule has 2 aromatic rings. The van der Waals surface area contributed by atoms with Gasteiger partial charge < -0.3 is 4.74 Å². The Kier molecular flexibility index (Phi) is 2.79. The molecule has 0 amide bonds. The molecule has 84 valence electrons. The SMILES string of the molecule is CO[C@@](C)(c1ccccc1)c1cc(C)[nH]n1. The number of aromatic amines is 1. The lowest BCUT2D eigenvalue weighted by Gasteiger charge is -2.26. The van der Waals surface area contributed by atoms with Crippen LogP contribution in [0.15, 0.2) is 36.4 Å². The van der Waals surface area contributed by atoms with E-state index in [-0.39, 0.29) is 0 Å². The summed E-state index contributed by atoms with van der Waals surface area (Å²) in [4.78, 5) is 0. The summed E-state index contributed by atoms with van der Waals surface area (Å²) < 4.78 is 5.64. The first-order valence-electron chi connectivity index (χ1n) is 5.30. The van der Waals surface area contributed by atoms with E-state index in [4.69, 9.17) is 4.74 Å². The van der Waals surface area contributed by atoms with Crippen molar-refractivity contribution < 1.29 is 4.74 Å². The first-order valence-corrected chi connectivity index (χ1v) is 5.30. The molecule has 0 aliphatic rings. The zero-order valence-electron chi connectivity index (χ0n) is 9.82. The van der Waals surface area contributed by atoms with E-state index in [9.17, 15) is 0 Å². The average Bonchev–Trinajstić information content (AvgIpc) is 2.76. The Bertz CT molecular complexity index is 464. The third kappa shape index (κ3) is 1.74. The van der Waals surface area contributed by atoms with E-state index in [0.29, 0.717) is 0 Å². The second-order valence-corrected chi connectivity index (χ2v) is 4.04. The minimum Gasteiger partial charge on any atom is -0.367 e. The van der Waals surface area contributed by atoms with E-state index in [1.807, 2.05) is 50.2 Å². The highest BCUT2D eigenvalue weighted by atomic mass is 16.5. The van der Waals surface area contributed by atoms with Crippen LogP contribution in [0, 0.1) is 6.92 Å². The number of hydrogen-bond acceptors (Lipinski definition) is 2. The summed E-state index contributed by atoms with van der Waals surface area (Å²) in [5, 5.41) is 7.23. The van der Waals surface area contributed by atoms with Crippen LogP contribution in [-0.4, -0.2) is 17.3 Å². The summed E-state index contributed by atoms with van der Waals surface area (Å²) in [6, 6.07) is 12.1. The molecule has 0 saturated heterocycles. The number of methoxy groups -OCH3 is 1. The van der Waals surface area contributed by atoms with Gasteiger partial charge in [0.05, 0.1) is 5.69 Å². The third-order valence-electron chi connectivity index (χ3n) is 2.93. The van der Waals surface area contributed by atoms with E-state index < -0.39 is 5.60 Å². The number of benzene rings is 1. The van der Waals surface area contributed by atoms with Crippen LogP contribution in [0.1, 0.15) is 23.9 Å². The molecule has 0 fully saturated rings. The molecule has 0 saturated carbocycles. The fraction of sp³-hybridized carbons (Fsp3) is 0.308. The summed E-state index contributed by atoms with van der Waals surface area (Å²) in [5.74, 6) is 0. The van der Waals surface area contributed by atoms with Crippen molar-refractivity contribution in [1.82, 2.24) is 10.2 Å². The van der Waals surface area contributed by atoms with E-state index in [1.54, 1.807) is 7.11 Å². The van der Waals surface area contributed by atoms with Crippen molar-refractivity contribution in [2.24, 2.45) is 0 Å². The van der Waals surface area contributed by atoms with E-state index in [2.05, 4.69) is 10.2 Å². The van der Waals surface area contributed by atoms with Gasteiger partial charge in [-0.3, -0.25) is 5.10 Å². The maximum Gasteiger partial charge on any atom is 0.134 e. The molecule has 3 heteroatoms. The fourth-order valence-corrected chi connectivity index (χ4v) is 1.79. The molecule has 1 aromatic carbocycles. The smallest absolute Gasteiger partial charge is 0.134 e. The van der Waals surface area contributed by atoms with Crippen LogP contribution in [0.3, 0.4) is 0 Å². The van der Waals surface area contributed by atoms with Crippen LogP contribution in [0.5, 0.6) is 0 Å². The Hall–Kier alpha value is -1.61. The van der Waals surface area contributed by atoms with Crippen LogP contribution < -0.4 is 0 Å². The van der Waals surface area contributed by atoms with Crippen LogP contribution in [0.25, 0.3) is 0 Å². The molecule has 2 rings (SSSR count). The van der Waals surface area contributed by atoms with Crippen LogP contribution in [0.2, 0.25) is 0 Å². The molecule has 1 atom stereocenters. The van der Waals surface area contributed by atoms with Crippen molar-refractivity contribution in [3.05, 3.63) is 53.3 Å². The summed E-state index contributed by atoms with van der Waals surface area (Å²) in [5.41, 5.74) is 2.54. The normalized spacial score (nSPS) is 14.7. The molecule has 1 N–H and O–H groups in total. The van der Waals surface area contributed by atoms with Crippen molar-refractivity contribution in [2.75, 3.05) is 7.11 Å². The number of aromatic nitrogens is 2. The molecule has 0 spiro atoms. The summed E-state index contributed by atoms with van der Waals surface area (Å²) >= 11 is 0. The molecular formula is C13H16N2O. The number of ether oxygens (including phenoxy) is 1. The van der Waals surface area contributed by atoms with Gasteiger partial charge in [-0.05, 0) is 25.5 Å². The van der Waals surface area contributed by atoms with E-state index in [1.165, 1.54) is 0 Å². The van der Waals surface area contributed by atoms with Crippen molar-refractivity contribution in [1.29, 1.82) is 0 Å². The second kappa shape index (κ2) is 4.10. The number of nitrogens with one attached hydrogen (secondary N) is 1. The van der Waals surface area contributed by atoms with Gasteiger partial charge in [-0.25, -0.2) is 0 Å². The highest BCUT2D eigenvalue weighted by molar-refractivity contribution is 5.31. The molecule has 0 aliphatic heterocycles. The summed E-state index contributed by atoms with van der Waals surface area (Å²) in [6.45, 7) is 4.01. The van der Waals surface area contributed by atoms with Crippen molar-refractivity contribution in [3.8, 4) is 0 Å². The molecule has 0 radical (unpaired) electrons. The van der Waals surface area contributed by atoms with Crippen LogP contribution in [0.4, 0.5) is 0 Å². The van der Waals surface area contributed by atoms with Gasteiger partial charge in [0.15, 0.2) is 0 Å². The number of H-pyrrole nitrogens is 1. The predicted octanol–water partition coefficient (Wildman–Crippen LogP) is 2.63. The van der Waals surface area contributed by atoms with Crippen molar-refractivity contribution in [3.63, 3.8) is 0 Å². The molecule has 0 bridgehead atoms. The van der Waals surface area contributed by atoms with Gasteiger partial charge in [0.2, 0.25) is 0 Å². The van der Waals surface area contributed by atoms with Crippen molar-refractivity contribution in [2.45, 2.75) is 19.4 Å². The van der Waals surface area contributed by atoms with Gasteiger partial charge in [0.25, 0.3) is 0 Å². The lowest BCUT2D eigenvalue weighted by atomic mass is 9.92. The Balaban J connectivity index is 2.48. The Labute approximate surface area is 95.5 Å². The van der Waals surface area contributed by atoms with Gasteiger partial charge in [0.1, 0.15) is 5.60 Å². The summed E-state index contributed by atoms with van der Waals surface area (Å²) in [6.07, 6.45) is 0. The topological polar surface area (TPSA) is 37.9 Å². The van der Waals surface area contributed by atoms with E-state index >= 15 is 0 Å². The lowest BCUT2D eigenvalue weighted by molar-refractivity contribution is 0.0353. The Morgan fingerprint density at radius 1 is 1.25 bits per heavy atom. The number of hydrogen-bond donors (Lipinski definition) is 1. The quantitative estimate of drug-likeness (QED) is 0.856. The highest BCUT2D eigenvalue weighted by Gasteiger charge is 2.30. The largest absolute Gasteiger partial charge is 0.367 e. The minimum absolute atomic E-state index is 0.494. The predicted molar refractivity (Wildman–Crippen MR) is 63.2 cm³/mol. The van der Waals surface area contributed by atoms with Crippen molar-refractivity contribution >= 4 is 0 Å². The third-order valence-corrected chi connectivity index (χ3v) is 2.93. The van der Waals surface area contributed by atoms with Gasteiger partial charge in [-0.1, -0.05) is 30.3 Å². The molecular weight excluding hydrogens is 200 g/mol. The standard InChI is InChI=1S/C13H16N2O/c1-10-9-12(15-14-10)13(2,16-3)11-7-5-4-6-8-11/h4-9H,1-3H3,(H,14,15)/t13-/m0/s1. The van der Waals surface area contributed by atoms with Gasteiger partial charge >= 0.3 is 0 Å². The molecule has 1 heterocycles. The molecule has 0 aliphatic carbocycles. The van der Waals surface area contributed by atoms with Crippen LogP contribution in [-0.2, 0) is 10.3 Å². The highest BCUT2D eigenvalue weighted by Crippen LogP contribution is 2.31. The van der Waals surface area contributed by atoms with Gasteiger partial charge in [0, 0.05) is 12.8 Å². The lowest BCUT2D eigenvalue weighted by Crippen LogP contribution is -2.26. The fourth-order valence-electron chi connectivity index (χ4n) is 1.79. The summed E-state index contributed by atoms with van der Waals surface area (Å²) in [7, 11) is 1.71. The zero-order chi connectivity index (χ0) is 11.6. The Morgan fingerprint density at radius 2 is 1.94 bits per heavy atom. The average molecular weight is 216 g/mol. The number of nitrogens with zero attached hydrogens (tertiary/aromatic N) is 1. The van der Waals surface area contributed by atoms with Crippen LogP contribution >= 0.6 is 0 Å². The first-order chi connectivity index (χ1) is 7.66. The number of rotatable bonds is 3. The molecule has 1 aromatic heterocycles. The monoisotopic (exact) mass is 216 g/mol. The maximum atomic E-state index is 5.64. The minimum atomic E-state index is -0.494. The molecule has 3 nitrogen and oxygen atoms in total. The first kappa shape index (κ1) is 10.9. The molecule has 0 unspecified atom stereocenters. The van der Waals surface area contributed by atoms with E-state index in [0.717, 1.165) is 17.0 Å². The Morgan fingerprint density at radius 3 is 2.44 bits per heavy atom. The second-order valence-electron chi connectivity index (χ2n) is 4.04. The van der Waals surface area contributed by atoms with Gasteiger partial charge in [-0.2, -0.15) is 5.10 Å². The number of aryl methyl sites for hydroxylation is 1. The van der Waals surface area contributed by atoms with Gasteiger partial charge in [-0.15, -0.1) is 0 Å².